The van der Waals surface area contributed by atoms with Crippen LogP contribution >= 0.6 is 0 Å². The number of nitrogens with zero attached hydrogens (tertiary/aromatic N) is 1. The molecule has 1 aliphatic heterocycles. The Bertz CT molecular complexity index is 297. The van der Waals surface area contributed by atoms with E-state index in [1.807, 2.05) is 0 Å². The molecular weight excluding hydrogens is 240 g/mol. The van der Waals surface area contributed by atoms with E-state index in [1.165, 1.54) is 7.05 Å². The third-order valence-corrected chi connectivity index (χ3v) is 2.72. The Morgan fingerprint density at radius 1 is 1.50 bits per heavy atom. The minimum absolute atomic E-state index is 0.145. The predicted octanol–water partition coefficient (Wildman–Crippen LogP) is -1.64. The highest BCUT2D eigenvalue weighted by Gasteiger charge is 2.35. The maximum absolute atomic E-state index is 11.5. The molecule has 0 aromatic heterocycles. The second-order valence-electron chi connectivity index (χ2n) is 4.18. The standard InChI is InChI=1S/C11H20N2O5/c1-13-10(15)5-9(11(13)16)12-6-8(14)7-18-4-3-17-2/h8-9,12,14H,3-7H2,1-2H3. The molecule has 7 heteroatoms. The molecule has 1 rings (SSSR count). The smallest absolute Gasteiger partial charge is 0.246 e. The van der Waals surface area contributed by atoms with Gasteiger partial charge in [0.1, 0.15) is 0 Å². The van der Waals surface area contributed by atoms with E-state index in [-0.39, 0.29) is 31.4 Å². The zero-order valence-corrected chi connectivity index (χ0v) is 10.7. The number of carbonyl (C=O) groups is 2. The molecule has 0 aliphatic carbocycles. The van der Waals surface area contributed by atoms with Crippen molar-refractivity contribution in [2.75, 3.05) is 40.5 Å². The molecule has 18 heavy (non-hydrogen) atoms. The maximum Gasteiger partial charge on any atom is 0.246 e. The third-order valence-electron chi connectivity index (χ3n) is 2.72. The highest BCUT2D eigenvalue weighted by molar-refractivity contribution is 6.05. The van der Waals surface area contributed by atoms with Crippen LogP contribution in [0.5, 0.6) is 0 Å². The number of hydrogen-bond acceptors (Lipinski definition) is 6. The molecule has 0 spiro atoms. The average molecular weight is 260 g/mol. The first-order valence-corrected chi connectivity index (χ1v) is 5.84. The van der Waals surface area contributed by atoms with E-state index in [2.05, 4.69) is 5.32 Å². The third kappa shape index (κ3) is 4.34. The van der Waals surface area contributed by atoms with Crippen LogP contribution in [0.15, 0.2) is 0 Å². The van der Waals surface area contributed by atoms with Gasteiger partial charge in [0.25, 0.3) is 0 Å². The first kappa shape index (κ1) is 15.0. The molecule has 2 unspecified atom stereocenters. The average Bonchev–Trinajstić information content (AvgIpc) is 2.60. The number of amides is 2. The maximum atomic E-state index is 11.5. The summed E-state index contributed by atoms with van der Waals surface area (Å²) in [4.78, 5) is 23.9. The second kappa shape index (κ2) is 7.42. The summed E-state index contributed by atoms with van der Waals surface area (Å²) in [5, 5.41) is 12.4. The Kier molecular flexibility index (Phi) is 6.20. The molecule has 2 N–H and O–H groups in total. The molecule has 0 radical (unpaired) electrons. The number of methoxy groups -OCH3 is 1. The lowest BCUT2D eigenvalue weighted by molar-refractivity contribution is -0.137. The van der Waals surface area contributed by atoms with Crippen molar-refractivity contribution in [2.24, 2.45) is 0 Å². The van der Waals surface area contributed by atoms with Gasteiger partial charge in [-0.25, -0.2) is 0 Å². The molecule has 1 fully saturated rings. The van der Waals surface area contributed by atoms with Crippen LogP contribution in [0.25, 0.3) is 0 Å². The number of hydrogen-bond donors (Lipinski definition) is 2. The molecule has 104 valence electrons. The van der Waals surface area contributed by atoms with Crippen molar-refractivity contribution >= 4 is 11.8 Å². The fourth-order valence-electron chi connectivity index (χ4n) is 1.61. The SMILES string of the molecule is COCCOCC(O)CNC1CC(=O)N(C)C1=O. The van der Waals surface area contributed by atoms with Gasteiger partial charge in [0.15, 0.2) is 0 Å². The van der Waals surface area contributed by atoms with Gasteiger partial charge in [-0.05, 0) is 0 Å². The van der Waals surface area contributed by atoms with Crippen LogP contribution in [0.3, 0.4) is 0 Å². The number of ether oxygens (including phenoxy) is 2. The lowest BCUT2D eigenvalue weighted by atomic mass is 10.2. The molecular formula is C11H20N2O5. The zero-order valence-electron chi connectivity index (χ0n) is 10.7. The number of aliphatic hydroxyl groups excluding tert-OH is 1. The van der Waals surface area contributed by atoms with Gasteiger partial charge < -0.3 is 19.9 Å². The minimum atomic E-state index is -0.712. The number of likely N-dealkylation sites (N-methyl/N-ethyl adjacent to an activating group) is 1. The van der Waals surface area contributed by atoms with E-state index in [0.717, 1.165) is 4.90 Å². The van der Waals surface area contributed by atoms with Gasteiger partial charge in [0, 0.05) is 20.7 Å². The number of rotatable bonds is 8. The summed E-state index contributed by atoms with van der Waals surface area (Å²) in [5.41, 5.74) is 0. The van der Waals surface area contributed by atoms with Crippen LogP contribution in [0.1, 0.15) is 6.42 Å². The van der Waals surface area contributed by atoms with E-state index >= 15 is 0 Å². The van der Waals surface area contributed by atoms with Crippen molar-refractivity contribution in [1.82, 2.24) is 10.2 Å². The Hall–Kier alpha value is -1.02. The summed E-state index contributed by atoms with van der Waals surface area (Å²) >= 11 is 0. The van der Waals surface area contributed by atoms with Crippen LogP contribution in [-0.2, 0) is 19.1 Å². The highest BCUT2D eigenvalue weighted by Crippen LogP contribution is 2.10. The minimum Gasteiger partial charge on any atom is -0.389 e. The van der Waals surface area contributed by atoms with Gasteiger partial charge in [0.05, 0.1) is 38.4 Å². The van der Waals surface area contributed by atoms with Crippen molar-refractivity contribution in [3.05, 3.63) is 0 Å². The van der Waals surface area contributed by atoms with E-state index in [4.69, 9.17) is 9.47 Å². The summed E-state index contributed by atoms with van der Waals surface area (Å²) < 4.78 is 9.94. The zero-order chi connectivity index (χ0) is 13.5. The van der Waals surface area contributed by atoms with Crippen LogP contribution in [-0.4, -0.2) is 74.5 Å². The second-order valence-corrected chi connectivity index (χ2v) is 4.18. The molecule has 0 aromatic rings. The molecule has 1 heterocycles. The summed E-state index contributed by atoms with van der Waals surface area (Å²) in [7, 11) is 3.02. The van der Waals surface area contributed by atoms with Crippen LogP contribution < -0.4 is 5.32 Å². The number of aliphatic hydroxyl groups is 1. The molecule has 0 bridgehead atoms. The monoisotopic (exact) mass is 260 g/mol. The van der Waals surface area contributed by atoms with Crippen LogP contribution in [0, 0.1) is 0 Å². The summed E-state index contributed by atoms with van der Waals surface area (Å²) in [6, 6.07) is -0.531. The Morgan fingerprint density at radius 2 is 2.22 bits per heavy atom. The van der Waals surface area contributed by atoms with Gasteiger partial charge in [-0.15, -0.1) is 0 Å². The fourth-order valence-corrected chi connectivity index (χ4v) is 1.61. The Morgan fingerprint density at radius 3 is 2.78 bits per heavy atom. The lowest BCUT2D eigenvalue weighted by Gasteiger charge is -2.15. The summed E-state index contributed by atoms with van der Waals surface area (Å²) in [5.74, 6) is -0.462. The van der Waals surface area contributed by atoms with E-state index < -0.39 is 12.1 Å². The summed E-state index contributed by atoms with van der Waals surface area (Å²) in [6.45, 7) is 1.27. The largest absolute Gasteiger partial charge is 0.389 e. The normalized spacial score (nSPS) is 21.7. The number of likely N-dealkylation sites (tertiary alicyclic amines) is 1. The molecule has 7 nitrogen and oxygen atoms in total. The number of imide groups is 1. The van der Waals surface area contributed by atoms with Gasteiger partial charge >= 0.3 is 0 Å². The van der Waals surface area contributed by atoms with Crippen molar-refractivity contribution in [3.63, 3.8) is 0 Å². The van der Waals surface area contributed by atoms with Crippen LogP contribution in [0.4, 0.5) is 0 Å². The van der Waals surface area contributed by atoms with Crippen molar-refractivity contribution < 1.29 is 24.2 Å². The van der Waals surface area contributed by atoms with Crippen molar-refractivity contribution in [2.45, 2.75) is 18.6 Å². The fraction of sp³-hybridized carbons (Fsp3) is 0.818. The topological polar surface area (TPSA) is 88.1 Å². The number of nitrogens with one attached hydrogen (secondary N) is 1. The molecule has 0 saturated carbocycles. The highest BCUT2D eigenvalue weighted by atomic mass is 16.5. The quantitative estimate of drug-likeness (QED) is 0.402. The van der Waals surface area contributed by atoms with Crippen molar-refractivity contribution in [1.29, 1.82) is 0 Å². The van der Waals surface area contributed by atoms with Gasteiger partial charge in [-0.1, -0.05) is 0 Å². The molecule has 2 atom stereocenters. The van der Waals surface area contributed by atoms with Crippen LogP contribution in [0.2, 0.25) is 0 Å². The van der Waals surface area contributed by atoms with E-state index in [0.29, 0.717) is 13.2 Å². The summed E-state index contributed by atoms with van der Waals surface area (Å²) in [6.07, 6.45) is -0.567. The van der Waals surface area contributed by atoms with E-state index in [1.54, 1.807) is 7.11 Å². The number of carbonyl (C=O) groups excluding carboxylic acids is 2. The molecule has 2 amide bonds. The van der Waals surface area contributed by atoms with Gasteiger partial charge in [0.2, 0.25) is 11.8 Å². The van der Waals surface area contributed by atoms with Gasteiger partial charge in [-0.2, -0.15) is 0 Å². The predicted molar refractivity (Wildman–Crippen MR) is 62.9 cm³/mol. The lowest BCUT2D eigenvalue weighted by Crippen LogP contribution is -2.42. The molecule has 1 aliphatic rings. The van der Waals surface area contributed by atoms with E-state index in [9.17, 15) is 14.7 Å². The van der Waals surface area contributed by atoms with Crippen molar-refractivity contribution in [3.8, 4) is 0 Å². The first-order chi connectivity index (χ1) is 8.56. The molecule has 0 aromatic carbocycles. The van der Waals surface area contributed by atoms with Gasteiger partial charge in [-0.3, -0.25) is 14.5 Å². The Labute approximate surface area is 106 Å². The Balaban J connectivity index is 2.17. The first-order valence-electron chi connectivity index (χ1n) is 5.84. The molecule has 1 saturated heterocycles.